The number of hydrazone groups is 1. The van der Waals surface area contributed by atoms with Crippen LogP contribution >= 0.6 is 15.9 Å². The summed E-state index contributed by atoms with van der Waals surface area (Å²) in [5, 5.41) is 14.2. The number of carbonyl (C=O) groups is 1. The van der Waals surface area contributed by atoms with Gasteiger partial charge in [0, 0.05) is 4.47 Å². The van der Waals surface area contributed by atoms with Crippen LogP contribution in [0.15, 0.2) is 52.0 Å². The number of benzene rings is 2. The van der Waals surface area contributed by atoms with Gasteiger partial charge in [-0.2, -0.15) is 23.3 Å². The largest absolute Gasteiger partial charge is 0.484 e. The Bertz CT molecular complexity index is 960. The molecule has 1 aliphatic heterocycles. The first-order chi connectivity index (χ1) is 13.5. The Morgan fingerprint density at radius 1 is 1.21 bits per heavy atom. The van der Waals surface area contributed by atoms with Crippen molar-refractivity contribution in [1.82, 2.24) is 5.01 Å². The molecule has 2 aromatic carbocycles. The maximum atomic E-state index is 13.6. The lowest BCUT2D eigenvalue weighted by molar-refractivity contribution is -0.302. The lowest BCUT2D eigenvalue weighted by Gasteiger charge is -2.32. The molecule has 0 aliphatic carbocycles. The average molecular weight is 471 g/mol. The molecule has 0 unspecified atom stereocenters. The molecular weight excluding hydrogens is 453 g/mol. The first-order valence-electron chi connectivity index (χ1n) is 8.67. The van der Waals surface area contributed by atoms with E-state index >= 15 is 0 Å². The van der Waals surface area contributed by atoms with Gasteiger partial charge in [0.1, 0.15) is 5.75 Å². The molecule has 154 valence electrons. The Morgan fingerprint density at radius 2 is 1.86 bits per heavy atom. The summed E-state index contributed by atoms with van der Waals surface area (Å²) in [5.74, 6) is -0.761. The van der Waals surface area contributed by atoms with Gasteiger partial charge in [-0.15, -0.1) is 0 Å². The average Bonchev–Trinajstić information content (AvgIpc) is 3.02. The van der Waals surface area contributed by atoms with Gasteiger partial charge < -0.3 is 9.84 Å². The van der Waals surface area contributed by atoms with Gasteiger partial charge in [0.15, 0.2) is 6.61 Å². The Hall–Kier alpha value is -2.39. The normalized spacial score (nSPS) is 19.3. The summed E-state index contributed by atoms with van der Waals surface area (Å²) in [6.45, 7) is 3.05. The van der Waals surface area contributed by atoms with Gasteiger partial charge in [0.25, 0.3) is 11.6 Å². The molecule has 0 bridgehead atoms. The lowest BCUT2D eigenvalue weighted by atomic mass is 10.0. The molecule has 29 heavy (non-hydrogen) atoms. The fraction of sp³-hybridized carbons (Fsp3) is 0.300. The van der Waals surface area contributed by atoms with Crippen LogP contribution in [0.1, 0.15) is 23.1 Å². The highest BCUT2D eigenvalue weighted by molar-refractivity contribution is 9.10. The van der Waals surface area contributed by atoms with Gasteiger partial charge in [0.05, 0.1) is 12.1 Å². The third kappa shape index (κ3) is 4.30. The van der Waals surface area contributed by atoms with Crippen LogP contribution < -0.4 is 4.74 Å². The number of hydrogen-bond acceptors (Lipinski definition) is 4. The van der Waals surface area contributed by atoms with Crippen LogP contribution in [0.3, 0.4) is 0 Å². The van der Waals surface area contributed by atoms with Crippen molar-refractivity contribution in [2.75, 3.05) is 6.61 Å². The van der Waals surface area contributed by atoms with E-state index in [2.05, 4.69) is 21.0 Å². The Balaban J connectivity index is 1.84. The molecule has 1 aliphatic rings. The van der Waals surface area contributed by atoms with E-state index in [4.69, 9.17) is 4.74 Å². The molecule has 1 N–H and O–H groups in total. The summed E-state index contributed by atoms with van der Waals surface area (Å²) in [6, 6.07) is 11.5. The highest BCUT2D eigenvalue weighted by Gasteiger charge is 2.63. The van der Waals surface area contributed by atoms with Crippen molar-refractivity contribution < 1.29 is 27.8 Å². The van der Waals surface area contributed by atoms with Crippen molar-refractivity contribution in [1.29, 1.82) is 0 Å². The van der Waals surface area contributed by atoms with Gasteiger partial charge in [-0.1, -0.05) is 34.1 Å². The molecule has 0 saturated heterocycles. The van der Waals surface area contributed by atoms with E-state index in [9.17, 15) is 23.1 Å². The third-order valence-electron chi connectivity index (χ3n) is 4.69. The van der Waals surface area contributed by atoms with E-state index in [0.717, 1.165) is 15.6 Å². The third-order valence-corrected chi connectivity index (χ3v) is 5.22. The number of carbonyl (C=O) groups excluding carboxylic acids is 1. The summed E-state index contributed by atoms with van der Waals surface area (Å²) in [4.78, 5) is 12.5. The predicted octanol–water partition coefficient (Wildman–Crippen LogP) is 4.33. The number of alkyl halides is 3. The van der Waals surface area contributed by atoms with Gasteiger partial charge in [-0.25, -0.2) is 0 Å². The standard InChI is InChI=1S/C20H18BrF3N2O3/c1-12-3-8-16(9-13(12)2)29-11-18(27)26-19(28,20(22,23)24)10-17(25-26)14-4-6-15(21)7-5-14/h3-9,28H,10-11H2,1-2H3/t19-/m1/s1. The van der Waals surface area contributed by atoms with E-state index in [0.29, 0.717) is 11.3 Å². The summed E-state index contributed by atoms with van der Waals surface area (Å²) in [6.07, 6.45) is -5.96. The minimum atomic E-state index is -5.09. The second-order valence-electron chi connectivity index (χ2n) is 6.79. The van der Waals surface area contributed by atoms with Crippen LogP contribution in [0.2, 0.25) is 0 Å². The summed E-state index contributed by atoms with van der Waals surface area (Å²) < 4.78 is 46.9. The van der Waals surface area contributed by atoms with Crippen LogP contribution in [0.4, 0.5) is 13.2 Å². The minimum Gasteiger partial charge on any atom is -0.484 e. The Morgan fingerprint density at radius 3 is 2.45 bits per heavy atom. The molecule has 1 amide bonds. The molecule has 0 saturated carbocycles. The molecular formula is C20H18BrF3N2O3. The number of aryl methyl sites for hydroxylation is 2. The zero-order chi connectivity index (χ0) is 21.4. The molecule has 0 fully saturated rings. The van der Waals surface area contributed by atoms with Crippen molar-refractivity contribution in [2.24, 2.45) is 5.10 Å². The van der Waals surface area contributed by atoms with Crippen molar-refractivity contribution in [3.8, 4) is 5.75 Å². The van der Waals surface area contributed by atoms with Crippen molar-refractivity contribution >= 4 is 27.5 Å². The van der Waals surface area contributed by atoms with Crippen LogP contribution in [-0.2, 0) is 4.79 Å². The second kappa shape index (κ2) is 7.79. The SMILES string of the molecule is Cc1ccc(OCC(=O)N2N=C(c3ccc(Br)cc3)C[C@@]2(O)C(F)(F)F)cc1C. The van der Waals surface area contributed by atoms with Gasteiger partial charge in [-0.3, -0.25) is 4.79 Å². The van der Waals surface area contributed by atoms with Crippen molar-refractivity contribution in [3.05, 3.63) is 63.6 Å². The summed E-state index contributed by atoms with van der Waals surface area (Å²) in [7, 11) is 0. The topological polar surface area (TPSA) is 62.1 Å². The fourth-order valence-electron chi connectivity index (χ4n) is 2.84. The zero-order valence-electron chi connectivity index (χ0n) is 15.6. The van der Waals surface area contributed by atoms with E-state index in [1.165, 1.54) is 0 Å². The molecule has 1 heterocycles. The molecule has 0 radical (unpaired) electrons. The van der Waals surface area contributed by atoms with Gasteiger partial charge >= 0.3 is 6.18 Å². The van der Waals surface area contributed by atoms with E-state index in [1.54, 1.807) is 42.5 Å². The van der Waals surface area contributed by atoms with Crippen molar-refractivity contribution in [2.45, 2.75) is 32.2 Å². The first kappa shape index (κ1) is 21.3. The number of amides is 1. The minimum absolute atomic E-state index is 0.0446. The van der Waals surface area contributed by atoms with Crippen LogP contribution in [0.5, 0.6) is 5.75 Å². The lowest BCUT2D eigenvalue weighted by Crippen LogP contribution is -2.57. The maximum absolute atomic E-state index is 13.6. The monoisotopic (exact) mass is 470 g/mol. The number of aliphatic hydroxyl groups is 1. The first-order valence-corrected chi connectivity index (χ1v) is 9.46. The number of nitrogens with zero attached hydrogens (tertiary/aromatic N) is 2. The fourth-order valence-corrected chi connectivity index (χ4v) is 3.11. The summed E-state index contributed by atoms with van der Waals surface area (Å²) >= 11 is 3.25. The molecule has 3 rings (SSSR count). The molecule has 0 spiro atoms. The van der Waals surface area contributed by atoms with Crippen LogP contribution in [-0.4, -0.2) is 40.2 Å². The quantitative estimate of drug-likeness (QED) is 0.723. The zero-order valence-corrected chi connectivity index (χ0v) is 17.2. The highest BCUT2D eigenvalue weighted by atomic mass is 79.9. The predicted molar refractivity (Wildman–Crippen MR) is 105 cm³/mol. The molecule has 9 heteroatoms. The van der Waals surface area contributed by atoms with Crippen LogP contribution in [0.25, 0.3) is 0 Å². The Labute approximate surface area is 173 Å². The highest BCUT2D eigenvalue weighted by Crippen LogP contribution is 2.41. The Kier molecular flexibility index (Phi) is 5.73. The summed E-state index contributed by atoms with van der Waals surface area (Å²) in [5.41, 5.74) is -1.17. The van der Waals surface area contributed by atoms with E-state index < -0.39 is 30.8 Å². The van der Waals surface area contributed by atoms with E-state index in [-0.39, 0.29) is 10.7 Å². The van der Waals surface area contributed by atoms with E-state index in [1.807, 2.05) is 13.8 Å². The number of halogens is 4. The second-order valence-corrected chi connectivity index (χ2v) is 7.70. The number of rotatable bonds is 4. The maximum Gasteiger partial charge on any atom is 0.438 e. The molecule has 5 nitrogen and oxygen atoms in total. The van der Waals surface area contributed by atoms with Crippen molar-refractivity contribution in [3.63, 3.8) is 0 Å². The van der Waals surface area contributed by atoms with Gasteiger partial charge in [0.2, 0.25) is 0 Å². The molecule has 1 atom stereocenters. The van der Waals surface area contributed by atoms with Crippen LogP contribution in [0, 0.1) is 13.8 Å². The van der Waals surface area contributed by atoms with Gasteiger partial charge in [-0.05, 0) is 54.8 Å². The molecule has 0 aromatic heterocycles. The number of hydrogen-bond donors (Lipinski definition) is 1. The molecule has 2 aromatic rings. The number of ether oxygens (including phenoxy) is 1. The smallest absolute Gasteiger partial charge is 0.438 e.